The SMILES string of the molecule is CC1CCCCCCCCCCC(=O)C1C. The van der Waals surface area contributed by atoms with Gasteiger partial charge in [0.25, 0.3) is 0 Å². The first-order valence-electron chi connectivity index (χ1n) is 7.24. The highest BCUT2D eigenvalue weighted by Crippen LogP contribution is 2.23. The van der Waals surface area contributed by atoms with Crippen molar-refractivity contribution in [3.63, 3.8) is 0 Å². The normalized spacial score (nSPS) is 31.2. The minimum atomic E-state index is 0.292. The predicted molar refractivity (Wildman–Crippen MR) is 69.5 cm³/mol. The maximum Gasteiger partial charge on any atom is 0.135 e. The Kier molecular flexibility index (Phi) is 6.75. The molecule has 0 aliphatic heterocycles. The zero-order chi connectivity index (χ0) is 11.8. The van der Waals surface area contributed by atoms with Crippen molar-refractivity contribution >= 4 is 5.78 Å². The van der Waals surface area contributed by atoms with Crippen molar-refractivity contribution in [2.45, 2.75) is 78.1 Å². The summed E-state index contributed by atoms with van der Waals surface area (Å²) < 4.78 is 0. The van der Waals surface area contributed by atoms with Gasteiger partial charge in [0, 0.05) is 12.3 Å². The van der Waals surface area contributed by atoms with Crippen LogP contribution in [0.1, 0.15) is 78.1 Å². The van der Waals surface area contributed by atoms with Crippen LogP contribution in [-0.2, 0) is 4.79 Å². The van der Waals surface area contributed by atoms with Crippen LogP contribution < -0.4 is 0 Å². The summed E-state index contributed by atoms with van der Waals surface area (Å²) in [5, 5.41) is 0. The van der Waals surface area contributed by atoms with Crippen LogP contribution in [0.2, 0.25) is 0 Å². The fraction of sp³-hybridized carbons (Fsp3) is 0.933. The van der Waals surface area contributed by atoms with Gasteiger partial charge < -0.3 is 0 Å². The molecule has 0 N–H and O–H groups in total. The van der Waals surface area contributed by atoms with E-state index in [9.17, 15) is 4.79 Å². The molecule has 0 aromatic rings. The van der Waals surface area contributed by atoms with Crippen molar-refractivity contribution in [2.24, 2.45) is 11.8 Å². The van der Waals surface area contributed by atoms with E-state index in [4.69, 9.17) is 0 Å². The molecule has 1 nitrogen and oxygen atoms in total. The lowest BCUT2D eigenvalue weighted by Crippen LogP contribution is -2.18. The molecule has 0 amide bonds. The summed E-state index contributed by atoms with van der Waals surface area (Å²) in [5.74, 6) is 1.39. The van der Waals surface area contributed by atoms with Gasteiger partial charge in [-0.25, -0.2) is 0 Å². The van der Waals surface area contributed by atoms with Crippen LogP contribution in [0.15, 0.2) is 0 Å². The summed E-state index contributed by atoms with van der Waals surface area (Å²) >= 11 is 0. The molecule has 2 atom stereocenters. The first-order chi connectivity index (χ1) is 7.72. The van der Waals surface area contributed by atoms with E-state index < -0.39 is 0 Å². The van der Waals surface area contributed by atoms with Crippen molar-refractivity contribution < 1.29 is 4.79 Å². The maximum absolute atomic E-state index is 11.9. The topological polar surface area (TPSA) is 17.1 Å². The van der Waals surface area contributed by atoms with Crippen LogP contribution in [0.3, 0.4) is 0 Å². The second-order valence-electron chi connectivity index (χ2n) is 5.60. The summed E-state index contributed by atoms with van der Waals surface area (Å²) in [7, 11) is 0. The lowest BCUT2D eigenvalue weighted by molar-refractivity contribution is -0.123. The summed E-state index contributed by atoms with van der Waals surface area (Å²) in [6.45, 7) is 4.38. The number of hydrogen-bond acceptors (Lipinski definition) is 1. The molecule has 0 aromatic heterocycles. The summed E-state index contributed by atoms with van der Waals surface area (Å²) in [6.07, 6.45) is 12.6. The lowest BCUT2D eigenvalue weighted by atomic mass is 9.86. The number of hydrogen-bond donors (Lipinski definition) is 0. The van der Waals surface area contributed by atoms with Gasteiger partial charge in [0.15, 0.2) is 0 Å². The average molecular weight is 224 g/mol. The van der Waals surface area contributed by atoms with Crippen LogP contribution in [0.5, 0.6) is 0 Å². The molecule has 94 valence electrons. The number of ketones is 1. The van der Waals surface area contributed by atoms with E-state index in [0.717, 1.165) is 12.8 Å². The predicted octanol–water partition coefficient (Wildman–Crippen LogP) is 4.74. The molecule has 1 aliphatic rings. The largest absolute Gasteiger partial charge is 0.299 e. The highest BCUT2D eigenvalue weighted by Gasteiger charge is 2.19. The van der Waals surface area contributed by atoms with Crippen molar-refractivity contribution in [1.29, 1.82) is 0 Å². The van der Waals surface area contributed by atoms with Crippen molar-refractivity contribution in [3.05, 3.63) is 0 Å². The standard InChI is InChI=1S/C15H28O/c1-13-11-9-7-5-3-4-6-8-10-12-15(16)14(13)2/h13-14H,3-12H2,1-2H3. The molecule has 1 fully saturated rings. The van der Waals surface area contributed by atoms with Crippen LogP contribution in [0.25, 0.3) is 0 Å². The summed E-state index contributed by atoms with van der Waals surface area (Å²) in [5.41, 5.74) is 0. The first kappa shape index (κ1) is 13.7. The fourth-order valence-electron chi connectivity index (χ4n) is 2.62. The van der Waals surface area contributed by atoms with Gasteiger partial charge in [-0.05, 0) is 12.3 Å². The van der Waals surface area contributed by atoms with Crippen LogP contribution in [-0.4, -0.2) is 5.78 Å². The Morgan fingerprint density at radius 2 is 1.31 bits per heavy atom. The monoisotopic (exact) mass is 224 g/mol. The van der Waals surface area contributed by atoms with Crippen molar-refractivity contribution in [2.75, 3.05) is 0 Å². The van der Waals surface area contributed by atoms with Gasteiger partial charge in [-0.3, -0.25) is 4.79 Å². The van der Waals surface area contributed by atoms with E-state index >= 15 is 0 Å². The molecule has 16 heavy (non-hydrogen) atoms. The Morgan fingerprint density at radius 1 is 0.812 bits per heavy atom. The van der Waals surface area contributed by atoms with Crippen LogP contribution >= 0.6 is 0 Å². The Balaban J connectivity index is 2.39. The van der Waals surface area contributed by atoms with Gasteiger partial charge >= 0.3 is 0 Å². The Morgan fingerprint density at radius 3 is 1.94 bits per heavy atom. The van der Waals surface area contributed by atoms with Gasteiger partial charge in [-0.1, -0.05) is 65.2 Å². The van der Waals surface area contributed by atoms with E-state index in [2.05, 4.69) is 13.8 Å². The molecular formula is C15H28O. The number of Topliss-reactive ketones (excluding diaryl/α,β-unsaturated/α-hetero) is 1. The van der Waals surface area contributed by atoms with Gasteiger partial charge in [0.1, 0.15) is 5.78 Å². The molecule has 0 radical (unpaired) electrons. The zero-order valence-corrected chi connectivity index (χ0v) is 11.1. The Bertz CT molecular complexity index is 198. The smallest absolute Gasteiger partial charge is 0.135 e. The van der Waals surface area contributed by atoms with E-state index in [1.165, 1.54) is 51.4 Å². The number of carbonyl (C=O) groups is 1. The van der Waals surface area contributed by atoms with Crippen LogP contribution in [0, 0.1) is 11.8 Å². The Hall–Kier alpha value is -0.330. The summed E-state index contributed by atoms with van der Waals surface area (Å²) in [4.78, 5) is 11.9. The maximum atomic E-state index is 11.9. The molecule has 1 rings (SSSR count). The zero-order valence-electron chi connectivity index (χ0n) is 11.1. The molecule has 2 unspecified atom stereocenters. The molecule has 0 bridgehead atoms. The second-order valence-corrected chi connectivity index (χ2v) is 5.60. The molecule has 0 saturated heterocycles. The average Bonchev–Trinajstić information content (AvgIpc) is 2.29. The fourth-order valence-corrected chi connectivity index (χ4v) is 2.62. The first-order valence-corrected chi connectivity index (χ1v) is 7.24. The second kappa shape index (κ2) is 7.86. The van der Waals surface area contributed by atoms with Gasteiger partial charge in [-0.2, -0.15) is 0 Å². The molecule has 1 saturated carbocycles. The summed E-state index contributed by atoms with van der Waals surface area (Å²) in [6, 6.07) is 0. The molecular weight excluding hydrogens is 196 g/mol. The highest BCUT2D eigenvalue weighted by atomic mass is 16.1. The van der Waals surface area contributed by atoms with Crippen LogP contribution in [0.4, 0.5) is 0 Å². The van der Waals surface area contributed by atoms with Crippen molar-refractivity contribution in [1.82, 2.24) is 0 Å². The van der Waals surface area contributed by atoms with E-state index in [0.29, 0.717) is 17.6 Å². The molecule has 1 heteroatoms. The van der Waals surface area contributed by atoms with Crippen molar-refractivity contribution in [3.8, 4) is 0 Å². The van der Waals surface area contributed by atoms with E-state index in [-0.39, 0.29) is 0 Å². The minimum absolute atomic E-state index is 0.292. The van der Waals surface area contributed by atoms with Gasteiger partial charge in [-0.15, -0.1) is 0 Å². The van der Waals surface area contributed by atoms with E-state index in [1.807, 2.05) is 0 Å². The third-order valence-corrected chi connectivity index (χ3v) is 4.19. The molecule has 0 spiro atoms. The number of carbonyl (C=O) groups excluding carboxylic acids is 1. The Labute approximate surface area is 101 Å². The highest BCUT2D eigenvalue weighted by molar-refractivity contribution is 5.80. The van der Waals surface area contributed by atoms with E-state index in [1.54, 1.807) is 0 Å². The minimum Gasteiger partial charge on any atom is -0.299 e. The third kappa shape index (κ3) is 5.14. The van der Waals surface area contributed by atoms with Gasteiger partial charge in [0.05, 0.1) is 0 Å². The lowest BCUT2D eigenvalue weighted by Gasteiger charge is -2.18. The number of rotatable bonds is 0. The molecule has 0 heterocycles. The molecule has 0 aromatic carbocycles. The molecule has 1 aliphatic carbocycles. The van der Waals surface area contributed by atoms with Gasteiger partial charge in [0.2, 0.25) is 0 Å². The third-order valence-electron chi connectivity index (χ3n) is 4.19. The quantitative estimate of drug-likeness (QED) is 0.580.